The van der Waals surface area contributed by atoms with Gasteiger partial charge in [-0.1, -0.05) is 0 Å². The molecule has 5 N–H and O–H groups in total. The van der Waals surface area contributed by atoms with Crippen molar-refractivity contribution in [2.45, 2.75) is 4.90 Å². The molecule has 2 aromatic carbocycles. The monoisotopic (exact) mass is 371 g/mol. The van der Waals surface area contributed by atoms with Crippen molar-refractivity contribution in [1.29, 1.82) is 0 Å². The van der Waals surface area contributed by atoms with Gasteiger partial charge in [0.25, 0.3) is 0 Å². The van der Waals surface area contributed by atoms with Crippen LogP contribution in [-0.2, 0) is 10.0 Å². The summed E-state index contributed by atoms with van der Waals surface area (Å²) in [6.45, 7) is 0. The first-order valence-corrected chi connectivity index (χ1v) is 8.18. The van der Waals surface area contributed by atoms with Crippen molar-refractivity contribution in [2.75, 3.05) is 18.2 Å². The van der Waals surface area contributed by atoms with E-state index >= 15 is 0 Å². The molecule has 0 saturated heterocycles. The van der Waals surface area contributed by atoms with E-state index in [0.29, 0.717) is 11.4 Å². The second kappa shape index (κ2) is 5.92. The number of methoxy groups -OCH3 is 1. The number of hydrogen-bond donors (Lipinski definition) is 3. The molecule has 112 valence electrons. The summed E-state index contributed by atoms with van der Waals surface area (Å²) >= 11 is 3.42. The number of nitrogen functional groups attached to an aromatic ring is 1. The van der Waals surface area contributed by atoms with Gasteiger partial charge in [-0.3, -0.25) is 0 Å². The summed E-state index contributed by atoms with van der Waals surface area (Å²) in [6.07, 6.45) is 0. The van der Waals surface area contributed by atoms with E-state index in [1.807, 2.05) is 12.1 Å². The predicted octanol–water partition coefficient (Wildman–Crippen LogP) is 2.43. The normalized spacial score (nSPS) is 11.2. The summed E-state index contributed by atoms with van der Waals surface area (Å²) in [5.41, 5.74) is 7.20. The fourth-order valence-electron chi connectivity index (χ4n) is 1.77. The van der Waals surface area contributed by atoms with Crippen LogP contribution in [0, 0.1) is 0 Å². The fourth-order valence-corrected chi connectivity index (χ4v) is 2.76. The van der Waals surface area contributed by atoms with Crippen molar-refractivity contribution in [3.63, 3.8) is 0 Å². The minimum Gasteiger partial charge on any atom is -0.497 e. The Hall–Kier alpha value is -1.77. The van der Waals surface area contributed by atoms with Gasteiger partial charge in [0, 0.05) is 16.2 Å². The molecule has 6 nitrogen and oxygen atoms in total. The van der Waals surface area contributed by atoms with Crippen LogP contribution in [0.2, 0.25) is 0 Å². The number of sulfonamides is 1. The molecule has 0 bridgehead atoms. The first-order chi connectivity index (χ1) is 9.81. The Kier molecular flexibility index (Phi) is 4.40. The van der Waals surface area contributed by atoms with Crippen LogP contribution in [0.25, 0.3) is 0 Å². The van der Waals surface area contributed by atoms with E-state index < -0.39 is 10.0 Å². The molecule has 0 aliphatic heterocycles. The van der Waals surface area contributed by atoms with Crippen LogP contribution in [0.1, 0.15) is 0 Å². The molecular weight excluding hydrogens is 358 g/mol. The number of benzene rings is 2. The van der Waals surface area contributed by atoms with Crippen LogP contribution in [0.5, 0.6) is 5.75 Å². The first-order valence-electron chi connectivity index (χ1n) is 5.84. The van der Waals surface area contributed by atoms with Gasteiger partial charge < -0.3 is 15.8 Å². The molecule has 0 aliphatic carbocycles. The van der Waals surface area contributed by atoms with Crippen molar-refractivity contribution >= 4 is 43.0 Å². The summed E-state index contributed by atoms with van der Waals surface area (Å²) < 4.78 is 28.6. The Bertz CT molecular complexity index is 778. The van der Waals surface area contributed by atoms with E-state index in [0.717, 1.165) is 10.2 Å². The summed E-state index contributed by atoms with van der Waals surface area (Å²) in [5, 5.41) is 8.19. The van der Waals surface area contributed by atoms with Gasteiger partial charge in [0.1, 0.15) is 10.6 Å². The average molecular weight is 372 g/mol. The summed E-state index contributed by atoms with van der Waals surface area (Å²) in [4.78, 5) is -0.0993. The van der Waals surface area contributed by atoms with E-state index in [9.17, 15) is 8.42 Å². The van der Waals surface area contributed by atoms with Crippen molar-refractivity contribution in [3.05, 3.63) is 40.9 Å². The van der Waals surface area contributed by atoms with Gasteiger partial charge in [-0.15, -0.1) is 0 Å². The van der Waals surface area contributed by atoms with Gasteiger partial charge in [0.05, 0.1) is 18.5 Å². The second-order valence-electron chi connectivity index (χ2n) is 4.27. The number of anilines is 3. The maximum Gasteiger partial charge on any atom is 0.240 e. The lowest BCUT2D eigenvalue weighted by atomic mass is 10.2. The lowest BCUT2D eigenvalue weighted by Crippen LogP contribution is -2.14. The van der Waals surface area contributed by atoms with Crippen molar-refractivity contribution in [3.8, 4) is 5.75 Å². The van der Waals surface area contributed by atoms with E-state index in [2.05, 4.69) is 21.2 Å². The Morgan fingerprint density at radius 2 is 1.90 bits per heavy atom. The number of rotatable bonds is 4. The SMILES string of the molecule is COc1ccc(Br)c(Nc2ccc(S(N)(=O)=O)c(N)c2)c1. The molecule has 8 heteroatoms. The number of ether oxygens (including phenoxy) is 1. The van der Waals surface area contributed by atoms with Crippen LogP contribution in [0.15, 0.2) is 45.8 Å². The van der Waals surface area contributed by atoms with Crippen molar-refractivity contribution < 1.29 is 13.2 Å². The van der Waals surface area contributed by atoms with Crippen LogP contribution in [0.3, 0.4) is 0 Å². The molecule has 2 rings (SSSR count). The number of halogens is 1. The lowest BCUT2D eigenvalue weighted by Gasteiger charge is -2.12. The van der Waals surface area contributed by atoms with Gasteiger partial charge in [0.15, 0.2) is 0 Å². The van der Waals surface area contributed by atoms with Crippen LogP contribution in [0.4, 0.5) is 17.1 Å². The van der Waals surface area contributed by atoms with Crippen molar-refractivity contribution in [2.24, 2.45) is 5.14 Å². The molecule has 2 aromatic rings. The number of nitrogens with one attached hydrogen (secondary N) is 1. The zero-order valence-electron chi connectivity index (χ0n) is 11.1. The molecule has 21 heavy (non-hydrogen) atoms. The Balaban J connectivity index is 2.35. The van der Waals surface area contributed by atoms with Gasteiger partial charge >= 0.3 is 0 Å². The molecule has 0 heterocycles. The topological polar surface area (TPSA) is 107 Å². The Labute approximate surface area is 131 Å². The number of hydrogen-bond acceptors (Lipinski definition) is 5. The van der Waals surface area contributed by atoms with E-state index in [1.165, 1.54) is 12.1 Å². The number of nitrogens with two attached hydrogens (primary N) is 2. The van der Waals surface area contributed by atoms with E-state index in [-0.39, 0.29) is 10.6 Å². The highest BCUT2D eigenvalue weighted by atomic mass is 79.9. The number of primary sulfonamides is 1. The van der Waals surface area contributed by atoms with Crippen LogP contribution in [-0.4, -0.2) is 15.5 Å². The maximum absolute atomic E-state index is 11.3. The minimum absolute atomic E-state index is 0.0847. The standard InChI is InChI=1S/C13H14BrN3O3S/c1-20-9-3-4-10(14)12(7-9)17-8-2-5-13(11(15)6-8)21(16,18)19/h2-7,17H,15H2,1H3,(H2,16,18,19). The molecule has 0 fully saturated rings. The molecule has 0 spiro atoms. The minimum atomic E-state index is -3.82. The summed E-state index contributed by atoms with van der Waals surface area (Å²) in [6, 6.07) is 9.90. The Morgan fingerprint density at radius 1 is 1.19 bits per heavy atom. The van der Waals surface area contributed by atoms with Gasteiger partial charge in [0.2, 0.25) is 10.0 Å². The van der Waals surface area contributed by atoms with Crippen molar-refractivity contribution in [1.82, 2.24) is 0 Å². The van der Waals surface area contributed by atoms with Crippen LogP contribution < -0.4 is 20.9 Å². The zero-order chi connectivity index (χ0) is 15.6. The third kappa shape index (κ3) is 3.66. The van der Waals surface area contributed by atoms with Crippen LogP contribution >= 0.6 is 15.9 Å². The average Bonchev–Trinajstić information content (AvgIpc) is 2.40. The molecule has 0 amide bonds. The molecule has 0 radical (unpaired) electrons. The van der Waals surface area contributed by atoms with E-state index in [4.69, 9.17) is 15.6 Å². The third-order valence-electron chi connectivity index (χ3n) is 2.77. The molecule has 0 aromatic heterocycles. The Morgan fingerprint density at radius 3 is 2.48 bits per heavy atom. The van der Waals surface area contributed by atoms with Gasteiger partial charge in [-0.2, -0.15) is 0 Å². The lowest BCUT2D eigenvalue weighted by molar-refractivity contribution is 0.415. The third-order valence-corrected chi connectivity index (χ3v) is 4.45. The smallest absolute Gasteiger partial charge is 0.240 e. The predicted molar refractivity (Wildman–Crippen MR) is 86.2 cm³/mol. The van der Waals surface area contributed by atoms with E-state index in [1.54, 1.807) is 19.2 Å². The molecular formula is C13H14BrN3O3S. The second-order valence-corrected chi connectivity index (χ2v) is 6.65. The summed E-state index contributed by atoms with van der Waals surface area (Å²) in [7, 11) is -2.25. The largest absolute Gasteiger partial charge is 0.497 e. The molecule has 0 aliphatic rings. The summed E-state index contributed by atoms with van der Waals surface area (Å²) in [5.74, 6) is 0.690. The molecule has 0 atom stereocenters. The highest BCUT2D eigenvalue weighted by Crippen LogP contribution is 2.31. The maximum atomic E-state index is 11.3. The van der Waals surface area contributed by atoms with Gasteiger partial charge in [-0.25, -0.2) is 13.6 Å². The zero-order valence-corrected chi connectivity index (χ0v) is 13.5. The quantitative estimate of drug-likeness (QED) is 0.715. The highest BCUT2D eigenvalue weighted by molar-refractivity contribution is 9.10. The molecule has 0 unspecified atom stereocenters. The fraction of sp³-hybridized carbons (Fsp3) is 0.0769. The first kappa shape index (κ1) is 15.6. The molecule has 0 saturated carbocycles. The highest BCUT2D eigenvalue weighted by Gasteiger charge is 2.12. The van der Waals surface area contributed by atoms with Gasteiger partial charge in [-0.05, 0) is 46.3 Å².